The molecule has 0 radical (unpaired) electrons. The van der Waals surface area contributed by atoms with Gasteiger partial charge in [-0.2, -0.15) is 0 Å². The molecule has 2 rings (SSSR count). The Morgan fingerprint density at radius 3 is 2.90 bits per heavy atom. The Morgan fingerprint density at radius 1 is 1.40 bits per heavy atom. The Bertz CT molecular complexity index is 663. The Morgan fingerprint density at radius 2 is 2.20 bits per heavy atom. The number of amides is 1. The summed E-state index contributed by atoms with van der Waals surface area (Å²) in [6, 6.07) is 9.67. The molecular formula is C16H14N2OS. The molecule has 1 aromatic carbocycles. The van der Waals surface area contributed by atoms with E-state index in [1.165, 1.54) is 6.08 Å². The number of aryl methyl sites for hydroxylation is 1. The Labute approximate surface area is 122 Å². The van der Waals surface area contributed by atoms with E-state index in [4.69, 9.17) is 0 Å². The van der Waals surface area contributed by atoms with Crippen LogP contribution < -0.4 is 5.32 Å². The van der Waals surface area contributed by atoms with E-state index in [1.54, 1.807) is 17.4 Å². The van der Waals surface area contributed by atoms with Gasteiger partial charge in [0.2, 0.25) is 5.91 Å². The number of hydrogen-bond acceptors (Lipinski definition) is 3. The molecule has 0 aliphatic carbocycles. The summed E-state index contributed by atoms with van der Waals surface area (Å²) in [6.07, 6.45) is 3.17. The van der Waals surface area contributed by atoms with Gasteiger partial charge in [0.15, 0.2) is 0 Å². The molecular weight excluding hydrogens is 268 g/mol. The quantitative estimate of drug-likeness (QED) is 0.694. The van der Waals surface area contributed by atoms with Gasteiger partial charge in [0, 0.05) is 17.0 Å². The summed E-state index contributed by atoms with van der Waals surface area (Å²) >= 11 is 1.56. The average Bonchev–Trinajstić information content (AvgIpc) is 2.88. The molecule has 100 valence electrons. The fraction of sp³-hybridized carbons (Fsp3) is 0.125. The second kappa shape index (κ2) is 7.27. The Balaban J connectivity index is 1.78. The minimum atomic E-state index is -0.169. The van der Waals surface area contributed by atoms with Gasteiger partial charge in [-0.15, -0.1) is 11.3 Å². The first-order chi connectivity index (χ1) is 9.74. The SMILES string of the molecule is Cc1nc(/C=C/C(=O)NCC#Cc2ccccc2)cs1. The van der Waals surface area contributed by atoms with Crippen LogP contribution in [0, 0.1) is 18.8 Å². The number of hydrogen-bond donors (Lipinski definition) is 1. The van der Waals surface area contributed by atoms with Crippen LogP contribution in [0.1, 0.15) is 16.3 Å². The number of rotatable bonds is 3. The standard InChI is InChI=1S/C16H14N2OS/c1-13-18-15(12-20-13)9-10-16(19)17-11-5-8-14-6-3-2-4-7-14/h2-4,6-7,9-10,12H,11H2,1H3,(H,17,19)/b10-9+. The molecule has 1 amide bonds. The normalized spacial score (nSPS) is 10.1. The molecule has 1 N–H and O–H groups in total. The topological polar surface area (TPSA) is 42.0 Å². The second-order valence-corrected chi connectivity index (χ2v) is 5.07. The van der Waals surface area contributed by atoms with Crippen molar-refractivity contribution < 1.29 is 4.79 Å². The second-order valence-electron chi connectivity index (χ2n) is 4.01. The maximum Gasteiger partial charge on any atom is 0.244 e. The fourth-order valence-electron chi connectivity index (χ4n) is 1.48. The number of nitrogens with one attached hydrogen (secondary N) is 1. The molecule has 4 heteroatoms. The van der Waals surface area contributed by atoms with Crippen molar-refractivity contribution in [2.24, 2.45) is 0 Å². The van der Waals surface area contributed by atoms with E-state index < -0.39 is 0 Å². The number of thiazole rings is 1. The highest BCUT2D eigenvalue weighted by Gasteiger charge is 1.95. The van der Waals surface area contributed by atoms with E-state index in [1.807, 2.05) is 42.6 Å². The summed E-state index contributed by atoms with van der Waals surface area (Å²) in [4.78, 5) is 15.8. The zero-order valence-electron chi connectivity index (χ0n) is 11.1. The van der Waals surface area contributed by atoms with Crippen LogP contribution in [0.2, 0.25) is 0 Å². The third kappa shape index (κ3) is 4.71. The molecule has 20 heavy (non-hydrogen) atoms. The molecule has 0 fully saturated rings. The lowest BCUT2D eigenvalue weighted by molar-refractivity contribution is -0.116. The van der Waals surface area contributed by atoms with Crippen molar-refractivity contribution in [3.8, 4) is 11.8 Å². The first kappa shape index (κ1) is 14.0. The van der Waals surface area contributed by atoms with Gasteiger partial charge in [0.25, 0.3) is 0 Å². The lowest BCUT2D eigenvalue weighted by atomic mass is 10.2. The van der Waals surface area contributed by atoms with E-state index in [9.17, 15) is 4.79 Å². The van der Waals surface area contributed by atoms with Gasteiger partial charge in [-0.25, -0.2) is 4.98 Å². The van der Waals surface area contributed by atoms with Crippen LogP contribution in [0.25, 0.3) is 6.08 Å². The number of benzene rings is 1. The van der Waals surface area contributed by atoms with E-state index in [2.05, 4.69) is 22.1 Å². The van der Waals surface area contributed by atoms with E-state index in [0.29, 0.717) is 6.54 Å². The van der Waals surface area contributed by atoms with Crippen molar-refractivity contribution >= 4 is 23.3 Å². The maximum absolute atomic E-state index is 11.5. The zero-order chi connectivity index (χ0) is 14.2. The van der Waals surface area contributed by atoms with Gasteiger partial charge >= 0.3 is 0 Å². The summed E-state index contributed by atoms with van der Waals surface area (Å²) in [5.74, 6) is 5.71. The highest BCUT2D eigenvalue weighted by Crippen LogP contribution is 2.08. The smallest absolute Gasteiger partial charge is 0.244 e. The van der Waals surface area contributed by atoms with Gasteiger partial charge < -0.3 is 5.32 Å². The van der Waals surface area contributed by atoms with Crippen molar-refractivity contribution in [3.63, 3.8) is 0 Å². The van der Waals surface area contributed by atoms with Gasteiger partial charge in [0.05, 0.1) is 17.2 Å². The first-order valence-corrected chi connectivity index (χ1v) is 7.04. The fourth-order valence-corrected chi connectivity index (χ4v) is 2.06. The molecule has 0 unspecified atom stereocenters. The molecule has 0 aliphatic heterocycles. The summed E-state index contributed by atoms with van der Waals surface area (Å²) < 4.78 is 0. The van der Waals surface area contributed by atoms with Crippen molar-refractivity contribution in [3.05, 3.63) is 58.1 Å². The third-order valence-corrected chi connectivity index (χ3v) is 3.19. The van der Waals surface area contributed by atoms with Crippen LogP contribution in [0.4, 0.5) is 0 Å². The third-order valence-electron chi connectivity index (χ3n) is 2.40. The molecule has 2 aromatic rings. The number of carbonyl (C=O) groups excluding carboxylic acids is 1. The van der Waals surface area contributed by atoms with Crippen LogP contribution in [-0.2, 0) is 4.79 Å². The van der Waals surface area contributed by atoms with Crippen molar-refractivity contribution in [2.75, 3.05) is 6.54 Å². The molecule has 1 heterocycles. The lowest BCUT2D eigenvalue weighted by Gasteiger charge is -1.93. The van der Waals surface area contributed by atoms with Crippen LogP contribution in [0.3, 0.4) is 0 Å². The van der Waals surface area contributed by atoms with Crippen LogP contribution in [0.15, 0.2) is 41.8 Å². The number of carbonyl (C=O) groups is 1. The van der Waals surface area contributed by atoms with Gasteiger partial charge in [0.1, 0.15) is 0 Å². The Hall–Kier alpha value is -2.38. The van der Waals surface area contributed by atoms with Gasteiger partial charge in [-0.3, -0.25) is 4.79 Å². The summed E-state index contributed by atoms with van der Waals surface area (Å²) in [5, 5.41) is 5.60. The highest BCUT2D eigenvalue weighted by molar-refractivity contribution is 7.09. The predicted molar refractivity (Wildman–Crippen MR) is 82.2 cm³/mol. The molecule has 0 spiro atoms. The van der Waals surface area contributed by atoms with E-state index in [-0.39, 0.29) is 5.91 Å². The highest BCUT2D eigenvalue weighted by atomic mass is 32.1. The van der Waals surface area contributed by atoms with Crippen molar-refractivity contribution in [1.29, 1.82) is 0 Å². The monoisotopic (exact) mass is 282 g/mol. The van der Waals surface area contributed by atoms with Crippen LogP contribution >= 0.6 is 11.3 Å². The molecule has 0 saturated heterocycles. The van der Waals surface area contributed by atoms with Crippen LogP contribution in [-0.4, -0.2) is 17.4 Å². The molecule has 3 nitrogen and oxygen atoms in total. The van der Waals surface area contributed by atoms with Crippen LogP contribution in [0.5, 0.6) is 0 Å². The minimum absolute atomic E-state index is 0.169. The largest absolute Gasteiger partial charge is 0.342 e. The van der Waals surface area contributed by atoms with Gasteiger partial charge in [-0.05, 0) is 25.1 Å². The van der Waals surface area contributed by atoms with E-state index in [0.717, 1.165) is 16.3 Å². The molecule has 1 aromatic heterocycles. The van der Waals surface area contributed by atoms with Gasteiger partial charge in [-0.1, -0.05) is 30.0 Å². The van der Waals surface area contributed by atoms with Crippen molar-refractivity contribution in [2.45, 2.75) is 6.92 Å². The first-order valence-electron chi connectivity index (χ1n) is 6.16. The van der Waals surface area contributed by atoms with Crippen molar-refractivity contribution in [1.82, 2.24) is 10.3 Å². The summed E-state index contributed by atoms with van der Waals surface area (Å²) in [6.45, 7) is 2.26. The Kier molecular flexibility index (Phi) is 5.10. The molecule has 0 aliphatic rings. The van der Waals surface area contributed by atoms with E-state index >= 15 is 0 Å². The minimum Gasteiger partial charge on any atom is -0.342 e. The number of nitrogens with zero attached hydrogens (tertiary/aromatic N) is 1. The average molecular weight is 282 g/mol. The molecule has 0 bridgehead atoms. The predicted octanol–water partition coefficient (Wildman–Crippen LogP) is 2.63. The summed E-state index contributed by atoms with van der Waals surface area (Å²) in [5.41, 5.74) is 1.74. The summed E-state index contributed by atoms with van der Waals surface area (Å²) in [7, 11) is 0. The maximum atomic E-state index is 11.5. The molecule has 0 saturated carbocycles. The lowest BCUT2D eigenvalue weighted by Crippen LogP contribution is -2.20. The number of aromatic nitrogens is 1. The molecule has 0 atom stereocenters. The zero-order valence-corrected chi connectivity index (χ0v) is 11.9.